The van der Waals surface area contributed by atoms with Crippen molar-refractivity contribution in [3.8, 4) is 0 Å². The molecule has 0 unspecified atom stereocenters. The van der Waals surface area contributed by atoms with E-state index in [-0.39, 0.29) is 17.5 Å². The van der Waals surface area contributed by atoms with Crippen molar-refractivity contribution < 1.29 is 9.59 Å². The first-order valence-corrected chi connectivity index (χ1v) is 5.67. The summed E-state index contributed by atoms with van der Waals surface area (Å²) in [6.07, 6.45) is 1.16. The van der Waals surface area contributed by atoms with E-state index in [9.17, 15) is 9.59 Å². The minimum Gasteiger partial charge on any atom is -0.330 e. The van der Waals surface area contributed by atoms with Crippen LogP contribution < -0.4 is 5.73 Å². The van der Waals surface area contributed by atoms with E-state index in [2.05, 4.69) is 0 Å². The molecule has 92 valence electrons. The van der Waals surface area contributed by atoms with Gasteiger partial charge < -0.3 is 5.73 Å². The molecule has 0 aliphatic heterocycles. The molecule has 0 aromatic rings. The Morgan fingerprint density at radius 2 is 1.53 bits per heavy atom. The quantitative estimate of drug-likeness (QED) is 0.787. The number of nitrogens with two attached hydrogens (primary N) is 1. The van der Waals surface area contributed by atoms with Gasteiger partial charge in [-0.1, -0.05) is 34.6 Å². The van der Waals surface area contributed by atoms with E-state index < -0.39 is 0 Å². The summed E-state index contributed by atoms with van der Waals surface area (Å²) in [5.41, 5.74) is 5.08. The van der Waals surface area contributed by atoms with Crippen molar-refractivity contribution in [1.82, 2.24) is 0 Å². The second-order valence-corrected chi connectivity index (χ2v) is 3.20. The van der Waals surface area contributed by atoms with Crippen molar-refractivity contribution in [3.63, 3.8) is 0 Å². The minimum absolute atomic E-state index is 0.213. The Kier molecular flexibility index (Phi) is 20.8. The molecule has 0 heterocycles. The molecule has 3 heteroatoms. The minimum atomic E-state index is 0.213. The molecule has 0 saturated carbocycles. The number of rotatable bonds is 4. The summed E-state index contributed by atoms with van der Waals surface area (Å²) in [6, 6.07) is 0. The SMILES string of the molecule is CC.CC(=O)C(C)C.CCC(=O)CCN. The van der Waals surface area contributed by atoms with Crippen LogP contribution in [0.3, 0.4) is 0 Å². The predicted molar refractivity (Wildman–Crippen MR) is 65.8 cm³/mol. The van der Waals surface area contributed by atoms with E-state index in [0.29, 0.717) is 19.4 Å². The van der Waals surface area contributed by atoms with Crippen molar-refractivity contribution in [2.45, 2.75) is 54.4 Å². The second-order valence-electron chi connectivity index (χ2n) is 3.20. The lowest BCUT2D eigenvalue weighted by atomic mass is 10.1. The van der Waals surface area contributed by atoms with Gasteiger partial charge in [-0.3, -0.25) is 9.59 Å². The Balaban J connectivity index is -0.000000166. The van der Waals surface area contributed by atoms with E-state index in [0.717, 1.165) is 0 Å². The number of ketones is 2. The highest BCUT2D eigenvalue weighted by atomic mass is 16.1. The topological polar surface area (TPSA) is 60.2 Å². The third-order valence-electron chi connectivity index (χ3n) is 1.63. The molecule has 15 heavy (non-hydrogen) atoms. The van der Waals surface area contributed by atoms with Crippen LogP contribution in [0.2, 0.25) is 0 Å². The number of hydrogen-bond acceptors (Lipinski definition) is 3. The molecule has 0 bridgehead atoms. The van der Waals surface area contributed by atoms with Gasteiger partial charge in [0.1, 0.15) is 11.6 Å². The van der Waals surface area contributed by atoms with E-state index >= 15 is 0 Å². The van der Waals surface area contributed by atoms with Gasteiger partial charge in [-0.2, -0.15) is 0 Å². The molecule has 3 nitrogen and oxygen atoms in total. The van der Waals surface area contributed by atoms with Crippen LogP contribution >= 0.6 is 0 Å². The summed E-state index contributed by atoms with van der Waals surface area (Å²) >= 11 is 0. The van der Waals surface area contributed by atoms with Crippen molar-refractivity contribution in [1.29, 1.82) is 0 Å². The Morgan fingerprint density at radius 3 is 1.60 bits per heavy atom. The van der Waals surface area contributed by atoms with Gasteiger partial charge in [-0.25, -0.2) is 0 Å². The van der Waals surface area contributed by atoms with Gasteiger partial charge in [0.25, 0.3) is 0 Å². The monoisotopic (exact) mass is 217 g/mol. The van der Waals surface area contributed by atoms with Crippen LogP contribution in [0.5, 0.6) is 0 Å². The summed E-state index contributed by atoms with van der Waals surface area (Å²) in [4.78, 5) is 20.5. The summed E-state index contributed by atoms with van der Waals surface area (Å²) in [6.45, 7) is 11.7. The van der Waals surface area contributed by atoms with E-state index in [1.807, 2.05) is 34.6 Å². The molecule has 0 radical (unpaired) electrons. The van der Waals surface area contributed by atoms with Crippen LogP contribution in [0.25, 0.3) is 0 Å². The third kappa shape index (κ3) is 24.7. The van der Waals surface area contributed by atoms with Crippen LogP contribution in [0.1, 0.15) is 54.4 Å². The highest BCUT2D eigenvalue weighted by Gasteiger charge is 1.95. The summed E-state index contributed by atoms with van der Waals surface area (Å²) < 4.78 is 0. The molecule has 0 atom stereocenters. The first-order chi connectivity index (χ1) is 6.95. The fourth-order valence-electron chi connectivity index (χ4n) is 0.338. The average Bonchev–Trinajstić information content (AvgIpc) is 2.22. The van der Waals surface area contributed by atoms with E-state index in [1.54, 1.807) is 6.92 Å². The van der Waals surface area contributed by atoms with Crippen molar-refractivity contribution in [2.75, 3.05) is 6.54 Å². The Bertz CT molecular complexity index is 154. The van der Waals surface area contributed by atoms with Crippen LogP contribution in [0.4, 0.5) is 0 Å². The molecule has 0 fully saturated rings. The summed E-state index contributed by atoms with van der Waals surface area (Å²) in [7, 11) is 0. The predicted octanol–water partition coefficient (Wildman–Crippen LogP) is 2.57. The molecule has 0 saturated heterocycles. The average molecular weight is 217 g/mol. The number of carbonyl (C=O) groups is 2. The maximum absolute atomic E-state index is 10.3. The highest BCUT2D eigenvalue weighted by molar-refractivity contribution is 5.78. The van der Waals surface area contributed by atoms with Crippen LogP contribution in [-0.4, -0.2) is 18.1 Å². The lowest BCUT2D eigenvalue weighted by Crippen LogP contribution is -2.05. The molecule has 0 aliphatic rings. The molecule has 0 spiro atoms. The first kappa shape index (κ1) is 19.8. The zero-order valence-corrected chi connectivity index (χ0v) is 11.1. The first-order valence-electron chi connectivity index (χ1n) is 5.67. The van der Waals surface area contributed by atoms with Gasteiger partial charge in [0, 0.05) is 18.8 Å². The van der Waals surface area contributed by atoms with Crippen molar-refractivity contribution in [2.24, 2.45) is 11.7 Å². The maximum Gasteiger partial charge on any atom is 0.133 e. The van der Waals surface area contributed by atoms with Crippen molar-refractivity contribution in [3.05, 3.63) is 0 Å². The standard InChI is InChI=1S/C5H11NO.C5H10O.C2H6/c1-2-5(7)3-4-6;1-4(2)5(3)6;1-2/h2-4,6H2,1H3;4H,1-3H3;1-2H3. The highest BCUT2D eigenvalue weighted by Crippen LogP contribution is 1.89. The van der Waals surface area contributed by atoms with Crippen LogP contribution in [0, 0.1) is 5.92 Å². The van der Waals surface area contributed by atoms with Crippen molar-refractivity contribution >= 4 is 11.6 Å². The van der Waals surface area contributed by atoms with Gasteiger partial charge >= 0.3 is 0 Å². The molecule has 0 rings (SSSR count). The second kappa shape index (κ2) is 15.8. The van der Waals surface area contributed by atoms with Crippen LogP contribution in [0.15, 0.2) is 0 Å². The molecule has 2 N–H and O–H groups in total. The number of hydrogen-bond donors (Lipinski definition) is 1. The van der Waals surface area contributed by atoms with Gasteiger partial charge in [0.15, 0.2) is 0 Å². The van der Waals surface area contributed by atoms with Crippen LogP contribution in [-0.2, 0) is 9.59 Å². The smallest absolute Gasteiger partial charge is 0.133 e. The maximum atomic E-state index is 10.3. The molecule has 0 aromatic carbocycles. The molecular formula is C12H27NO2. The lowest BCUT2D eigenvalue weighted by Gasteiger charge is -1.90. The zero-order chi connectivity index (χ0) is 12.9. The third-order valence-corrected chi connectivity index (χ3v) is 1.63. The largest absolute Gasteiger partial charge is 0.330 e. The molecular weight excluding hydrogens is 190 g/mol. The van der Waals surface area contributed by atoms with E-state index in [4.69, 9.17) is 5.73 Å². The fraction of sp³-hybridized carbons (Fsp3) is 0.833. The van der Waals surface area contributed by atoms with Gasteiger partial charge in [0.05, 0.1) is 0 Å². The normalized spacial score (nSPS) is 8.27. The van der Waals surface area contributed by atoms with E-state index in [1.165, 1.54) is 0 Å². The molecule has 0 aliphatic carbocycles. The van der Waals surface area contributed by atoms with Gasteiger partial charge in [0.2, 0.25) is 0 Å². The lowest BCUT2D eigenvalue weighted by molar-refractivity contribution is -0.120. The zero-order valence-electron chi connectivity index (χ0n) is 11.1. The number of Topliss-reactive ketones (excluding diaryl/α,β-unsaturated/α-hetero) is 2. The summed E-state index contributed by atoms with van der Waals surface area (Å²) in [5, 5.41) is 0. The molecule has 0 aromatic heterocycles. The Labute approximate surface area is 94.4 Å². The summed E-state index contributed by atoms with van der Waals surface area (Å²) in [5.74, 6) is 0.725. The fourth-order valence-corrected chi connectivity index (χ4v) is 0.338. The Morgan fingerprint density at radius 1 is 1.20 bits per heavy atom. The Hall–Kier alpha value is -0.700. The van der Waals surface area contributed by atoms with Gasteiger partial charge in [-0.05, 0) is 13.5 Å². The molecule has 0 amide bonds. The number of carbonyl (C=O) groups excluding carboxylic acids is 2. The van der Waals surface area contributed by atoms with Gasteiger partial charge in [-0.15, -0.1) is 0 Å².